The second-order valence-electron chi connectivity index (χ2n) is 4.24. The fraction of sp³-hybridized carbons (Fsp3) is 0.462. The van der Waals surface area contributed by atoms with E-state index in [1.54, 1.807) is 7.05 Å². The highest BCUT2D eigenvalue weighted by molar-refractivity contribution is 5.90. The average molecular weight is 268 g/mol. The Labute approximate surface area is 112 Å². The molecular formula is C13H20N2O4. The van der Waals surface area contributed by atoms with Crippen molar-refractivity contribution in [1.82, 2.24) is 5.32 Å². The zero-order chi connectivity index (χ0) is 14.4. The van der Waals surface area contributed by atoms with E-state index in [1.165, 1.54) is 25.3 Å². The molecule has 0 bridgehead atoms. The quantitative estimate of drug-likeness (QED) is 0.429. The highest BCUT2D eigenvalue weighted by atomic mass is 16.5. The minimum absolute atomic E-state index is 0.249. The number of anilines is 1. The third kappa shape index (κ3) is 3.92. The van der Waals surface area contributed by atoms with Crippen molar-refractivity contribution in [2.75, 3.05) is 26.4 Å². The zero-order valence-electron chi connectivity index (χ0n) is 11.1. The van der Waals surface area contributed by atoms with Crippen LogP contribution < -0.4 is 11.1 Å². The summed E-state index contributed by atoms with van der Waals surface area (Å²) in [6.45, 7) is 0.582. The van der Waals surface area contributed by atoms with Crippen LogP contribution in [0.1, 0.15) is 28.4 Å². The van der Waals surface area contributed by atoms with Gasteiger partial charge in [-0.2, -0.15) is 0 Å². The molecule has 0 saturated carbocycles. The highest BCUT2D eigenvalue weighted by Crippen LogP contribution is 2.25. The summed E-state index contributed by atoms with van der Waals surface area (Å²) in [5.41, 5.74) is 6.74. The minimum atomic E-state index is -1.08. The van der Waals surface area contributed by atoms with Crippen LogP contribution in [0, 0.1) is 0 Å². The van der Waals surface area contributed by atoms with Crippen molar-refractivity contribution in [2.24, 2.45) is 0 Å². The molecule has 0 amide bonds. The molecule has 0 heterocycles. The van der Waals surface area contributed by atoms with Gasteiger partial charge < -0.3 is 26.0 Å². The van der Waals surface area contributed by atoms with Crippen LogP contribution >= 0.6 is 0 Å². The third-order valence-corrected chi connectivity index (χ3v) is 2.88. The number of carbonyl (C=O) groups excluding carboxylic acids is 1. The van der Waals surface area contributed by atoms with E-state index in [-0.39, 0.29) is 5.69 Å². The number of aliphatic hydroxyl groups excluding tert-OH is 2. The maximum atomic E-state index is 11.3. The molecule has 0 radical (unpaired) electrons. The molecule has 2 atom stereocenters. The van der Waals surface area contributed by atoms with Crippen LogP contribution in [0.25, 0.3) is 0 Å². The van der Waals surface area contributed by atoms with Crippen LogP contribution in [0.3, 0.4) is 0 Å². The van der Waals surface area contributed by atoms with Gasteiger partial charge in [0.05, 0.1) is 18.8 Å². The molecule has 0 saturated heterocycles. The lowest BCUT2D eigenvalue weighted by Crippen LogP contribution is -2.24. The smallest absolute Gasteiger partial charge is 0.337 e. The van der Waals surface area contributed by atoms with Crippen molar-refractivity contribution >= 4 is 11.7 Å². The molecule has 0 aliphatic rings. The van der Waals surface area contributed by atoms with Crippen molar-refractivity contribution in [3.05, 3.63) is 29.3 Å². The summed E-state index contributed by atoms with van der Waals surface area (Å²) in [6, 6.07) is 4.45. The van der Waals surface area contributed by atoms with E-state index in [0.29, 0.717) is 24.1 Å². The van der Waals surface area contributed by atoms with E-state index < -0.39 is 18.2 Å². The number of carbonyl (C=O) groups is 1. The molecule has 6 heteroatoms. The van der Waals surface area contributed by atoms with Gasteiger partial charge >= 0.3 is 5.97 Å². The Balaban J connectivity index is 2.86. The Kier molecular flexibility index (Phi) is 5.75. The number of ether oxygens (including phenoxy) is 1. The van der Waals surface area contributed by atoms with E-state index in [1.807, 2.05) is 0 Å². The normalized spacial score (nSPS) is 13.9. The Morgan fingerprint density at radius 2 is 2.16 bits per heavy atom. The number of hydrogen-bond donors (Lipinski definition) is 4. The topological polar surface area (TPSA) is 105 Å². The summed E-state index contributed by atoms with van der Waals surface area (Å²) >= 11 is 0. The summed E-state index contributed by atoms with van der Waals surface area (Å²) in [5.74, 6) is -0.497. The zero-order valence-corrected chi connectivity index (χ0v) is 11.1. The highest BCUT2D eigenvalue weighted by Gasteiger charge is 2.21. The number of nitrogens with two attached hydrogens (primary N) is 1. The summed E-state index contributed by atoms with van der Waals surface area (Å²) in [7, 11) is 3.04. The molecule has 0 aliphatic heterocycles. The third-order valence-electron chi connectivity index (χ3n) is 2.88. The maximum absolute atomic E-state index is 11.3. The van der Waals surface area contributed by atoms with Gasteiger partial charge in [0.25, 0.3) is 0 Å². The summed E-state index contributed by atoms with van der Waals surface area (Å²) in [5, 5.41) is 22.7. The first-order valence-electron chi connectivity index (χ1n) is 5.99. The molecule has 1 rings (SSSR count). The largest absolute Gasteiger partial charge is 0.465 e. The lowest BCUT2D eigenvalue weighted by atomic mass is 9.99. The number of esters is 1. The van der Waals surface area contributed by atoms with E-state index >= 15 is 0 Å². The number of nitrogen functional groups attached to an aromatic ring is 1. The van der Waals surface area contributed by atoms with Crippen molar-refractivity contribution in [3.8, 4) is 0 Å². The second-order valence-corrected chi connectivity index (χ2v) is 4.24. The van der Waals surface area contributed by atoms with Gasteiger partial charge in [0.1, 0.15) is 6.10 Å². The van der Waals surface area contributed by atoms with E-state index in [9.17, 15) is 15.0 Å². The fourth-order valence-corrected chi connectivity index (χ4v) is 1.75. The molecular weight excluding hydrogens is 248 g/mol. The molecule has 0 fully saturated rings. The van der Waals surface area contributed by atoms with Crippen LogP contribution in [0.2, 0.25) is 0 Å². The molecule has 1 aromatic carbocycles. The van der Waals surface area contributed by atoms with Gasteiger partial charge in [-0.1, -0.05) is 6.07 Å². The van der Waals surface area contributed by atoms with Gasteiger partial charge in [-0.25, -0.2) is 4.79 Å². The molecule has 6 nitrogen and oxygen atoms in total. The lowest BCUT2D eigenvalue weighted by molar-refractivity contribution is 0.0144. The number of methoxy groups -OCH3 is 1. The van der Waals surface area contributed by atoms with Gasteiger partial charge in [0.2, 0.25) is 0 Å². The maximum Gasteiger partial charge on any atom is 0.337 e. The number of benzene rings is 1. The first-order chi connectivity index (χ1) is 9.01. The SMILES string of the molecule is CNCCC(O)C(O)c1ccc(C(=O)OC)cc1N. The standard InChI is InChI=1S/C13H20N2O4/c1-15-6-5-11(16)12(17)9-4-3-8(7-10(9)14)13(18)19-2/h3-4,7,11-12,15-17H,5-6,14H2,1-2H3. The number of aliphatic hydroxyl groups is 2. The first kappa shape index (κ1) is 15.4. The van der Waals surface area contributed by atoms with Crippen molar-refractivity contribution in [1.29, 1.82) is 0 Å². The predicted molar refractivity (Wildman–Crippen MR) is 71.7 cm³/mol. The Bertz CT molecular complexity index is 437. The van der Waals surface area contributed by atoms with Gasteiger partial charge in [-0.15, -0.1) is 0 Å². The van der Waals surface area contributed by atoms with Gasteiger partial charge in [-0.05, 0) is 32.1 Å². The van der Waals surface area contributed by atoms with Crippen molar-refractivity contribution in [3.63, 3.8) is 0 Å². The van der Waals surface area contributed by atoms with Gasteiger partial charge in [0, 0.05) is 11.3 Å². The minimum Gasteiger partial charge on any atom is -0.465 e. The molecule has 2 unspecified atom stereocenters. The summed E-state index contributed by atoms with van der Waals surface area (Å²) in [6.07, 6.45) is -1.60. The molecule has 19 heavy (non-hydrogen) atoms. The Hall–Kier alpha value is -1.63. The van der Waals surface area contributed by atoms with Crippen LogP contribution in [-0.2, 0) is 4.74 Å². The van der Waals surface area contributed by atoms with Crippen LogP contribution in [0.5, 0.6) is 0 Å². The lowest BCUT2D eigenvalue weighted by Gasteiger charge is -2.19. The molecule has 5 N–H and O–H groups in total. The number of nitrogens with one attached hydrogen (secondary N) is 1. The van der Waals surface area contributed by atoms with E-state index in [0.717, 1.165) is 0 Å². The van der Waals surface area contributed by atoms with Crippen LogP contribution in [-0.4, -0.2) is 43.0 Å². The fourth-order valence-electron chi connectivity index (χ4n) is 1.75. The Morgan fingerprint density at radius 1 is 1.47 bits per heavy atom. The average Bonchev–Trinajstić information content (AvgIpc) is 2.42. The van der Waals surface area contributed by atoms with Gasteiger partial charge in [-0.3, -0.25) is 0 Å². The molecule has 106 valence electrons. The van der Waals surface area contributed by atoms with E-state index in [4.69, 9.17) is 5.73 Å². The van der Waals surface area contributed by atoms with Crippen molar-refractivity contribution < 1.29 is 19.7 Å². The molecule has 1 aromatic rings. The molecule has 0 aromatic heterocycles. The first-order valence-corrected chi connectivity index (χ1v) is 5.99. The molecule has 0 spiro atoms. The molecule has 0 aliphatic carbocycles. The summed E-state index contributed by atoms with van der Waals surface area (Å²) < 4.78 is 4.58. The van der Waals surface area contributed by atoms with Crippen molar-refractivity contribution in [2.45, 2.75) is 18.6 Å². The van der Waals surface area contributed by atoms with E-state index in [2.05, 4.69) is 10.1 Å². The van der Waals surface area contributed by atoms with Crippen LogP contribution in [0.4, 0.5) is 5.69 Å². The summed E-state index contributed by atoms with van der Waals surface area (Å²) in [4.78, 5) is 11.3. The van der Waals surface area contributed by atoms with Crippen LogP contribution in [0.15, 0.2) is 18.2 Å². The van der Waals surface area contributed by atoms with Gasteiger partial charge in [0.15, 0.2) is 0 Å². The monoisotopic (exact) mass is 268 g/mol. The number of rotatable bonds is 6. The predicted octanol–water partition coefficient (Wildman–Crippen LogP) is 0.0592. The Morgan fingerprint density at radius 3 is 2.68 bits per heavy atom. The second kappa shape index (κ2) is 7.08. The number of hydrogen-bond acceptors (Lipinski definition) is 6.